The van der Waals surface area contributed by atoms with Crippen LogP contribution in [0.4, 0.5) is 0 Å². The van der Waals surface area contributed by atoms with Crippen LogP contribution in [-0.4, -0.2) is 19.1 Å². The minimum atomic E-state index is -0.113. The number of benzene rings is 2. The largest absolute Gasteiger partial charge is 0.483 e. The molecule has 3 nitrogen and oxygen atoms in total. The first-order valence-corrected chi connectivity index (χ1v) is 8.17. The van der Waals surface area contributed by atoms with Crippen molar-refractivity contribution in [1.82, 2.24) is 5.32 Å². The van der Waals surface area contributed by atoms with Crippen molar-refractivity contribution in [2.45, 2.75) is 26.2 Å². The molecule has 0 aliphatic rings. The third kappa shape index (κ3) is 5.61. The molecule has 0 spiro atoms. The average molecular weight is 332 g/mol. The number of halogens is 1. The van der Waals surface area contributed by atoms with Crippen LogP contribution in [0.3, 0.4) is 0 Å². The van der Waals surface area contributed by atoms with E-state index in [9.17, 15) is 4.79 Å². The molecule has 0 aliphatic carbocycles. The smallest absolute Gasteiger partial charge is 0.257 e. The van der Waals surface area contributed by atoms with Crippen molar-refractivity contribution >= 4 is 17.5 Å². The molecule has 0 bridgehead atoms. The number of para-hydroxylation sites is 1. The lowest BCUT2D eigenvalue weighted by Crippen LogP contribution is -2.30. The van der Waals surface area contributed by atoms with Gasteiger partial charge >= 0.3 is 0 Å². The summed E-state index contributed by atoms with van der Waals surface area (Å²) in [7, 11) is 0. The maximum Gasteiger partial charge on any atom is 0.257 e. The van der Waals surface area contributed by atoms with Crippen LogP contribution >= 0.6 is 11.6 Å². The zero-order valence-corrected chi connectivity index (χ0v) is 14.3. The second kappa shape index (κ2) is 8.59. The number of hydrogen-bond donors (Lipinski definition) is 1. The lowest BCUT2D eigenvalue weighted by atomic mass is 10.0. The number of rotatable bonds is 7. The molecule has 2 rings (SSSR count). The van der Waals surface area contributed by atoms with Crippen LogP contribution in [-0.2, 0) is 11.2 Å². The van der Waals surface area contributed by atoms with Crippen molar-refractivity contribution in [3.05, 3.63) is 64.7 Å². The fraction of sp³-hybridized carbons (Fsp3) is 0.316. The second-order valence-corrected chi connectivity index (χ2v) is 6.14. The van der Waals surface area contributed by atoms with Crippen molar-refractivity contribution < 1.29 is 9.53 Å². The van der Waals surface area contributed by atoms with Gasteiger partial charge in [0.05, 0.1) is 0 Å². The quantitative estimate of drug-likeness (QED) is 0.825. The molecule has 0 fully saturated rings. The van der Waals surface area contributed by atoms with Crippen LogP contribution in [0.25, 0.3) is 0 Å². The van der Waals surface area contributed by atoms with Gasteiger partial charge in [0.15, 0.2) is 6.61 Å². The summed E-state index contributed by atoms with van der Waals surface area (Å²) in [6.45, 7) is 4.82. The summed E-state index contributed by atoms with van der Waals surface area (Å²) in [5.41, 5.74) is 2.25. The van der Waals surface area contributed by atoms with Crippen molar-refractivity contribution in [1.29, 1.82) is 0 Å². The van der Waals surface area contributed by atoms with E-state index >= 15 is 0 Å². The molecule has 0 saturated heterocycles. The highest BCUT2D eigenvalue weighted by atomic mass is 35.5. The van der Waals surface area contributed by atoms with Gasteiger partial charge in [-0.2, -0.15) is 0 Å². The molecule has 0 saturated carbocycles. The number of amides is 1. The number of ether oxygens (including phenoxy) is 1. The van der Waals surface area contributed by atoms with Gasteiger partial charge in [0.25, 0.3) is 5.91 Å². The van der Waals surface area contributed by atoms with Gasteiger partial charge in [0.2, 0.25) is 0 Å². The van der Waals surface area contributed by atoms with E-state index in [1.807, 2.05) is 48.5 Å². The van der Waals surface area contributed by atoms with E-state index in [0.717, 1.165) is 28.3 Å². The SMILES string of the molecule is CC(C)c1ccccc1OCC(=O)NCCc1ccc(Cl)cc1. The molecule has 4 heteroatoms. The summed E-state index contributed by atoms with van der Waals surface area (Å²) in [4.78, 5) is 11.9. The molecule has 1 N–H and O–H groups in total. The van der Waals surface area contributed by atoms with E-state index in [0.29, 0.717) is 12.5 Å². The van der Waals surface area contributed by atoms with Crippen molar-refractivity contribution in [2.24, 2.45) is 0 Å². The van der Waals surface area contributed by atoms with Gasteiger partial charge in [-0.15, -0.1) is 0 Å². The molecular weight excluding hydrogens is 310 g/mol. The van der Waals surface area contributed by atoms with Crippen LogP contribution in [0.1, 0.15) is 30.9 Å². The Balaban J connectivity index is 1.76. The van der Waals surface area contributed by atoms with E-state index in [1.165, 1.54) is 0 Å². The molecular formula is C19H22ClNO2. The molecule has 0 unspecified atom stereocenters. The van der Waals surface area contributed by atoms with Crippen LogP contribution in [0, 0.1) is 0 Å². The fourth-order valence-corrected chi connectivity index (χ4v) is 2.41. The van der Waals surface area contributed by atoms with E-state index in [4.69, 9.17) is 16.3 Å². The zero-order chi connectivity index (χ0) is 16.7. The van der Waals surface area contributed by atoms with Crippen LogP contribution in [0.5, 0.6) is 5.75 Å². The normalized spacial score (nSPS) is 10.6. The third-order valence-corrected chi connectivity index (χ3v) is 3.80. The number of hydrogen-bond acceptors (Lipinski definition) is 2. The number of carbonyl (C=O) groups excluding carboxylic acids is 1. The Hall–Kier alpha value is -2.00. The van der Waals surface area contributed by atoms with Crippen LogP contribution < -0.4 is 10.1 Å². The summed E-state index contributed by atoms with van der Waals surface area (Å²) in [6.07, 6.45) is 0.769. The molecule has 0 radical (unpaired) electrons. The molecule has 2 aromatic rings. The van der Waals surface area contributed by atoms with Gasteiger partial charge in [-0.25, -0.2) is 0 Å². The minimum Gasteiger partial charge on any atom is -0.483 e. The molecule has 2 aromatic carbocycles. The summed E-state index contributed by atoms with van der Waals surface area (Å²) in [5, 5.41) is 3.59. The number of carbonyl (C=O) groups is 1. The Morgan fingerprint density at radius 1 is 1.13 bits per heavy atom. The maximum absolute atomic E-state index is 11.9. The Bertz CT molecular complexity index is 638. The topological polar surface area (TPSA) is 38.3 Å². The molecule has 122 valence electrons. The summed E-state index contributed by atoms with van der Waals surface area (Å²) >= 11 is 5.84. The second-order valence-electron chi connectivity index (χ2n) is 5.71. The van der Waals surface area contributed by atoms with Gasteiger partial charge in [0.1, 0.15) is 5.75 Å². The highest BCUT2D eigenvalue weighted by molar-refractivity contribution is 6.30. The van der Waals surface area contributed by atoms with E-state index in [2.05, 4.69) is 19.2 Å². The van der Waals surface area contributed by atoms with E-state index in [-0.39, 0.29) is 12.5 Å². The first kappa shape index (κ1) is 17.4. The fourth-order valence-electron chi connectivity index (χ4n) is 2.28. The highest BCUT2D eigenvalue weighted by Crippen LogP contribution is 2.25. The molecule has 0 atom stereocenters. The van der Waals surface area contributed by atoms with Crippen LogP contribution in [0.15, 0.2) is 48.5 Å². The van der Waals surface area contributed by atoms with Crippen molar-refractivity contribution in [3.8, 4) is 5.75 Å². The van der Waals surface area contributed by atoms with E-state index in [1.54, 1.807) is 0 Å². The maximum atomic E-state index is 11.9. The molecule has 0 aromatic heterocycles. The Kier molecular flexibility index (Phi) is 6.48. The summed E-state index contributed by atoms with van der Waals surface area (Å²) < 4.78 is 5.65. The predicted octanol–water partition coefficient (Wildman–Crippen LogP) is 4.20. The van der Waals surface area contributed by atoms with Gasteiger partial charge in [-0.1, -0.05) is 55.8 Å². The standard InChI is InChI=1S/C19H22ClNO2/c1-14(2)17-5-3-4-6-18(17)23-13-19(22)21-12-11-15-7-9-16(20)10-8-15/h3-10,14H,11-13H2,1-2H3,(H,21,22). The van der Waals surface area contributed by atoms with E-state index < -0.39 is 0 Å². The van der Waals surface area contributed by atoms with Gasteiger partial charge in [-0.05, 0) is 41.7 Å². The average Bonchev–Trinajstić information content (AvgIpc) is 2.55. The van der Waals surface area contributed by atoms with Crippen LogP contribution in [0.2, 0.25) is 5.02 Å². The third-order valence-electron chi connectivity index (χ3n) is 3.55. The molecule has 0 aliphatic heterocycles. The number of nitrogens with one attached hydrogen (secondary N) is 1. The summed E-state index contributed by atoms with van der Waals surface area (Å²) in [5.74, 6) is 1.02. The lowest BCUT2D eigenvalue weighted by molar-refractivity contribution is -0.123. The van der Waals surface area contributed by atoms with Gasteiger partial charge in [0, 0.05) is 11.6 Å². The molecule has 1 amide bonds. The Morgan fingerprint density at radius 3 is 2.52 bits per heavy atom. The molecule has 0 heterocycles. The Morgan fingerprint density at radius 2 is 1.83 bits per heavy atom. The lowest BCUT2D eigenvalue weighted by Gasteiger charge is -2.13. The van der Waals surface area contributed by atoms with Gasteiger partial charge < -0.3 is 10.1 Å². The van der Waals surface area contributed by atoms with Crippen molar-refractivity contribution in [3.63, 3.8) is 0 Å². The first-order valence-electron chi connectivity index (χ1n) is 7.79. The Labute approximate surface area is 142 Å². The zero-order valence-electron chi connectivity index (χ0n) is 13.5. The van der Waals surface area contributed by atoms with Gasteiger partial charge in [-0.3, -0.25) is 4.79 Å². The minimum absolute atomic E-state index is 0.0321. The highest BCUT2D eigenvalue weighted by Gasteiger charge is 2.08. The predicted molar refractivity (Wildman–Crippen MR) is 94.2 cm³/mol. The summed E-state index contributed by atoms with van der Waals surface area (Å²) in [6, 6.07) is 15.5. The van der Waals surface area contributed by atoms with Crippen molar-refractivity contribution in [2.75, 3.05) is 13.2 Å². The molecule has 23 heavy (non-hydrogen) atoms. The first-order chi connectivity index (χ1) is 11.1. The monoisotopic (exact) mass is 331 g/mol.